The molecular formula is C10H22O3. The lowest BCUT2D eigenvalue weighted by molar-refractivity contribution is -0.0259. The minimum atomic E-state index is -0.374. The lowest BCUT2D eigenvalue weighted by atomic mass is 10.1. The first-order chi connectivity index (χ1) is 6.20. The number of hydrogen-bond donors (Lipinski definition) is 2. The maximum Gasteiger partial charge on any atom is 0.0779 e. The maximum absolute atomic E-state index is 9.41. The van der Waals surface area contributed by atoms with Crippen LogP contribution in [-0.4, -0.2) is 35.6 Å². The zero-order chi connectivity index (χ0) is 10.1. The summed E-state index contributed by atoms with van der Waals surface area (Å²) in [6, 6.07) is 0. The van der Waals surface area contributed by atoms with Crippen LogP contribution in [0.15, 0.2) is 0 Å². The molecule has 0 aromatic carbocycles. The number of unbranched alkanes of at least 4 members (excludes halogenated alkanes) is 2. The highest BCUT2D eigenvalue weighted by atomic mass is 16.5. The summed E-state index contributed by atoms with van der Waals surface area (Å²) in [4.78, 5) is 0. The molecule has 0 aromatic heterocycles. The van der Waals surface area contributed by atoms with Gasteiger partial charge in [0, 0.05) is 0 Å². The summed E-state index contributed by atoms with van der Waals surface area (Å²) in [6.07, 6.45) is 3.63. The predicted molar refractivity (Wildman–Crippen MR) is 52.6 cm³/mol. The van der Waals surface area contributed by atoms with E-state index in [2.05, 4.69) is 6.92 Å². The minimum absolute atomic E-state index is 0.0156. The van der Waals surface area contributed by atoms with Crippen molar-refractivity contribution in [3.8, 4) is 0 Å². The Morgan fingerprint density at radius 1 is 1.31 bits per heavy atom. The lowest BCUT2D eigenvalue weighted by Gasteiger charge is -2.14. The van der Waals surface area contributed by atoms with Crippen molar-refractivity contribution in [2.75, 3.05) is 13.2 Å². The minimum Gasteiger partial charge on any atom is -0.394 e. The van der Waals surface area contributed by atoms with Gasteiger partial charge in [0.25, 0.3) is 0 Å². The van der Waals surface area contributed by atoms with Gasteiger partial charge in [0.2, 0.25) is 0 Å². The Hall–Kier alpha value is -0.120. The van der Waals surface area contributed by atoms with Gasteiger partial charge in [-0.3, -0.25) is 0 Å². The van der Waals surface area contributed by atoms with E-state index in [-0.39, 0.29) is 18.8 Å². The van der Waals surface area contributed by atoms with Gasteiger partial charge >= 0.3 is 0 Å². The molecule has 0 amide bonds. The van der Waals surface area contributed by atoms with E-state index in [1.165, 1.54) is 6.42 Å². The molecule has 13 heavy (non-hydrogen) atoms. The third-order valence-electron chi connectivity index (χ3n) is 1.97. The fraction of sp³-hybridized carbons (Fsp3) is 1.00. The van der Waals surface area contributed by atoms with E-state index < -0.39 is 0 Å². The topological polar surface area (TPSA) is 49.7 Å². The molecule has 3 nitrogen and oxygen atoms in total. The van der Waals surface area contributed by atoms with E-state index >= 15 is 0 Å². The van der Waals surface area contributed by atoms with E-state index in [1.54, 1.807) is 6.92 Å². The van der Waals surface area contributed by atoms with Gasteiger partial charge in [-0.15, -0.1) is 0 Å². The Balaban J connectivity index is 3.24. The number of hydrogen-bond acceptors (Lipinski definition) is 3. The Bertz CT molecular complexity index is 106. The SMILES string of the molecule is CCCCCC(O)COC(C)CO. The predicted octanol–water partition coefficient (Wildman–Crippen LogP) is 1.32. The van der Waals surface area contributed by atoms with E-state index in [0.29, 0.717) is 6.61 Å². The van der Waals surface area contributed by atoms with Crippen LogP contribution in [-0.2, 0) is 4.74 Å². The second-order valence-corrected chi connectivity index (χ2v) is 3.48. The first-order valence-electron chi connectivity index (χ1n) is 5.11. The van der Waals surface area contributed by atoms with E-state index in [0.717, 1.165) is 19.3 Å². The molecule has 0 fully saturated rings. The van der Waals surface area contributed by atoms with Crippen LogP contribution in [0.4, 0.5) is 0 Å². The molecule has 0 aromatic rings. The quantitative estimate of drug-likeness (QED) is 0.568. The van der Waals surface area contributed by atoms with Crippen LogP contribution in [0.2, 0.25) is 0 Å². The van der Waals surface area contributed by atoms with E-state index in [9.17, 15) is 5.11 Å². The number of aliphatic hydroxyl groups is 2. The standard InChI is InChI=1S/C10H22O3/c1-3-4-5-6-10(12)8-13-9(2)7-11/h9-12H,3-8H2,1-2H3. The summed E-state index contributed by atoms with van der Waals surface area (Å²) in [5, 5.41) is 18.1. The lowest BCUT2D eigenvalue weighted by Crippen LogP contribution is -2.21. The summed E-state index contributed by atoms with van der Waals surface area (Å²) < 4.78 is 5.18. The molecule has 0 rings (SSSR count). The largest absolute Gasteiger partial charge is 0.394 e. The molecule has 2 unspecified atom stereocenters. The van der Waals surface area contributed by atoms with Gasteiger partial charge in [-0.2, -0.15) is 0 Å². The van der Waals surface area contributed by atoms with Gasteiger partial charge in [0.1, 0.15) is 0 Å². The Kier molecular flexibility index (Phi) is 8.40. The zero-order valence-corrected chi connectivity index (χ0v) is 8.70. The van der Waals surface area contributed by atoms with Crippen molar-refractivity contribution < 1.29 is 14.9 Å². The van der Waals surface area contributed by atoms with Crippen LogP contribution in [0.25, 0.3) is 0 Å². The molecule has 0 saturated heterocycles. The van der Waals surface area contributed by atoms with Gasteiger partial charge < -0.3 is 14.9 Å². The second-order valence-electron chi connectivity index (χ2n) is 3.48. The Morgan fingerprint density at radius 3 is 2.54 bits per heavy atom. The Labute approximate surface area is 80.7 Å². The van der Waals surface area contributed by atoms with Crippen LogP contribution in [0.1, 0.15) is 39.5 Å². The molecule has 0 aliphatic carbocycles. The van der Waals surface area contributed by atoms with Crippen molar-refractivity contribution in [1.29, 1.82) is 0 Å². The number of aliphatic hydroxyl groups excluding tert-OH is 2. The number of ether oxygens (including phenoxy) is 1. The fourth-order valence-corrected chi connectivity index (χ4v) is 1.04. The van der Waals surface area contributed by atoms with Crippen molar-refractivity contribution in [1.82, 2.24) is 0 Å². The third-order valence-corrected chi connectivity index (χ3v) is 1.97. The molecular weight excluding hydrogens is 168 g/mol. The van der Waals surface area contributed by atoms with Crippen molar-refractivity contribution in [3.63, 3.8) is 0 Å². The van der Waals surface area contributed by atoms with Crippen LogP contribution in [0.5, 0.6) is 0 Å². The molecule has 0 aliphatic rings. The second kappa shape index (κ2) is 8.48. The monoisotopic (exact) mass is 190 g/mol. The van der Waals surface area contributed by atoms with Gasteiger partial charge in [0.05, 0.1) is 25.4 Å². The first-order valence-corrected chi connectivity index (χ1v) is 5.11. The highest BCUT2D eigenvalue weighted by Gasteiger charge is 2.06. The highest BCUT2D eigenvalue weighted by Crippen LogP contribution is 2.04. The highest BCUT2D eigenvalue weighted by molar-refractivity contribution is 4.55. The van der Waals surface area contributed by atoms with Crippen LogP contribution in [0, 0.1) is 0 Å². The fourth-order valence-electron chi connectivity index (χ4n) is 1.04. The van der Waals surface area contributed by atoms with Gasteiger partial charge in [-0.05, 0) is 13.3 Å². The van der Waals surface area contributed by atoms with Gasteiger partial charge in [0.15, 0.2) is 0 Å². The molecule has 2 atom stereocenters. The Morgan fingerprint density at radius 2 is 2.00 bits per heavy atom. The van der Waals surface area contributed by atoms with Crippen LogP contribution < -0.4 is 0 Å². The number of rotatable bonds is 8. The summed E-state index contributed by atoms with van der Waals surface area (Å²) >= 11 is 0. The maximum atomic E-state index is 9.41. The van der Waals surface area contributed by atoms with E-state index in [1.807, 2.05) is 0 Å². The summed E-state index contributed by atoms with van der Waals surface area (Å²) in [6.45, 7) is 4.28. The van der Waals surface area contributed by atoms with Gasteiger partial charge in [-0.25, -0.2) is 0 Å². The molecule has 3 heteroatoms. The molecule has 0 aliphatic heterocycles. The van der Waals surface area contributed by atoms with Crippen molar-refractivity contribution in [2.24, 2.45) is 0 Å². The zero-order valence-electron chi connectivity index (χ0n) is 8.70. The average Bonchev–Trinajstić information content (AvgIpc) is 2.14. The summed E-state index contributed by atoms with van der Waals surface area (Å²) in [5.74, 6) is 0. The normalized spacial score (nSPS) is 15.7. The molecule has 0 radical (unpaired) electrons. The molecule has 0 spiro atoms. The molecule has 0 heterocycles. The smallest absolute Gasteiger partial charge is 0.0779 e. The van der Waals surface area contributed by atoms with Crippen molar-refractivity contribution in [2.45, 2.75) is 51.7 Å². The van der Waals surface area contributed by atoms with Crippen LogP contribution >= 0.6 is 0 Å². The van der Waals surface area contributed by atoms with Gasteiger partial charge in [-0.1, -0.05) is 26.2 Å². The molecule has 0 bridgehead atoms. The van der Waals surface area contributed by atoms with Crippen molar-refractivity contribution in [3.05, 3.63) is 0 Å². The van der Waals surface area contributed by atoms with Crippen LogP contribution in [0.3, 0.4) is 0 Å². The van der Waals surface area contributed by atoms with E-state index in [4.69, 9.17) is 9.84 Å². The first kappa shape index (κ1) is 12.9. The third kappa shape index (κ3) is 8.22. The molecule has 80 valence electrons. The average molecular weight is 190 g/mol. The molecule has 2 N–H and O–H groups in total. The summed E-state index contributed by atoms with van der Waals surface area (Å²) in [7, 11) is 0. The van der Waals surface area contributed by atoms with Crippen molar-refractivity contribution >= 4 is 0 Å². The molecule has 0 saturated carbocycles. The summed E-state index contributed by atoms with van der Waals surface area (Å²) in [5.41, 5.74) is 0.